The standard InChI is InChI=1S/C33H40N2O2.C2H6/c1-10-37-27-15-16-30(31(19-27)36-9)35-25(7)32(21(2)3)33(26(35)8)24(6)34-18-17-29(23(5)20-34)28-14-12-11-13-22(28)4;1-2/h11-16,19H,2,6,10,17-18,20H2,1,3-5,7-9H3;1-2H3. The van der Waals surface area contributed by atoms with E-state index in [0.717, 1.165) is 70.5 Å². The number of hydrogen-bond acceptors (Lipinski definition) is 3. The molecule has 0 spiro atoms. The van der Waals surface area contributed by atoms with Gasteiger partial charge in [0.15, 0.2) is 0 Å². The van der Waals surface area contributed by atoms with Crippen LogP contribution in [0.5, 0.6) is 11.5 Å². The molecule has 0 atom stereocenters. The molecule has 1 aliphatic heterocycles. The molecule has 39 heavy (non-hydrogen) atoms. The molecular weight excluding hydrogens is 480 g/mol. The Hall–Kier alpha value is -3.66. The molecule has 208 valence electrons. The molecule has 0 unspecified atom stereocenters. The smallest absolute Gasteiger partial charge is 0.146 e. The molecule has 4 rings (SSSR count). The first-order valence-electron chi connectivity index (χ1n) is 14.1. The van der Waals surface area contributed by atoms with Crippen molar-refractivity contribution in [2.24, 2.45) is 0 Å². The van der Waals surface area contributed by atoms with Crippen LogP contribution >= 0.6 is 0 Å². The molecule has 0 aliphatic carbocycles. The van der Waals surface area contributed by atoms with Gasteiger partial charge in [-0.2, -0.15) is 0 Å². The Kier molecular flexibility index (Phi) is 9.91. The number of allylic oxidation sites excluding steroid dienone is 1. The number of aryl methyl sites for hydroxylation is 1. The topological polar surface area (TPSA) is 26.6 Å². The molecule has 1 aliphatic rings. The van der Waals surface area contributed by atoms with E-state index in [4.69, 9.17) is 9.47 Å². The molecule has 0 saturated carbocycles. The van der Waals surface area contributed by atoms with Gasteiger partial charge >= 0.3 is 0 Å². The third-order valence-electron chi connectivity index (χ3n) is 7.49. The fourth-order valence-electron chi connectivity index (χ4n) is 5.76. The molecule has 0 amide bonds. The van der Waals surface area contributed by atoms with Crippen LogP contribution in [-0.2, 0) is 0 Å². The van der Waals surface area contributed by atoms with Crippen LogP contribution in [0, 0.1) is 20.8 Å². The largest absolute Gasteiger partial charge is 0.494 e. The first-order valence-corrected chi connectivity index (χ1v) is 14.1. The van der Waals surface area contributed by atoms with Crippen molar-refractivity contribution in [2.45, 2.75) is 61.8 Å². The molecule has 2 aromatic carbocycles. The van der Waals surface area contributed by atoms with Crippen LogP contribution in [0.4, 0.5) is 0 Å². The molecule has 0 bridgehead atoms. The zero-order valence-corrected chi connectivity index (χ0v) is 25.5. The molecule has 1 aromatic heterocycles. The molecule has 4 nitrogen and oxygen atoms in total. The maximum atomic E-state index is 5.80. The highest BCUT2D eigenvalue weighted by atomic mass is 16.5. The van der Waals surface area contributed by atoms with Gasteiger partial charge in [0.1, 0.15) is 11.5 Å². The van der Waals surface area contributed by atoms with Crippen molar-refractivity contribution >= 4 is 16.8 Å². The number of aromatic nitrogens is 1. The van der Waals surface area contributed by atoms with Crippen molar-refractivity contribution in [2.75, 3.05) is 26.8 Å². The Morgan fingerprint density at radius 3 is 2.21 bits per heavy atom. The van der Waals surface area contributed by atoms with E-state index in [0.29, 0.717) is 6.61 Å². The number of benzene rings is 2. The molecule has 0 radical (unpaired) electrons. The van der Waals surface area contributed by atoms with Crippen molar-refractivity contribution < 1.29 is 9.47 Å². The minimum absolute atomic E-state index is 0.614. The minimum Gasteiger partial charge on any atom is -0.494 e. The number of hydrogen-bond donors (Lipinski definition) is 0. The fourth-order valence-corrected chi connectivity index (χ4v) is 5.76. The summed E-state index contributed by atoms with van der Waals surface area (Å²) in [6.07, 6.45) is 1.00. The fraction of sp³-hybridized carbons (Fsp3) is 0.371. The summed E-state index contributed by atoms with van der Waals surface area (Å²) in [5.74, 6) is 1.58. The van der Waals surface area contributed by atoms with E-state index in [1.807, 2.05) is 32.9 Å². The van der Waals surface area contributed by atoms with Gasteiger partial charge < -0.3 is 18.9 Å². The van der Waals surface area contributed by atoms with Crippen molar-refractivity contribution in [3.63, 3.8) is 0 Å². The number of methoxy groups -OCH3 is 1. The van der Waals surface area contributed by atoms with E-state index in [-0.39, 0.29) is 0 Å². The van der Waals surface area contributed by atoms with Crippen LogP contribution < -0.4 is 9.47 Å². The maximum Gasteiger partial charge on any atom is 0.146 e. The van der Waals surface area contributed by atoms with E-state index >= 15 is 0 Å². The lowest BCUT2D eigenvalue weighted by atomic mass is 9.90. The Bertz CT molecular complexity index is 1390. The molecule has 2 heterocycles. The van der Waals surface area contributed by atoms with Gasteiger partial charge in [0.05, 0.1) is 19.4 Å². The lowest BCUT2D eigenvalue weighted by Crippen LogP contribution is -2.29. The first kappa shape index (κ1) is 29.9. The normalized spacial score (nSPS) is 13.1. The van der Waals surface area contributed by atoms with Gasteiger partial charge in [0.25, 0.3) is 0 Å². The molecular formula is C35H46N2O2. The summed E-state index contributed by atoms with van der Waals surface area (Å²) in [5, 5.41) is 0. The number of ether oxygens (including phenoxy) is 2. The average Bonchev–Trinajstić information content (AvgIpc) is 3.19. The van der Waals surface area contributed by atoms with E-state index in [1.165, 1.54) is 22.3 Å². The third-order valence-corrected chi connectivity index (χ3v) is 7.49. The molecule has 3 aromatic rings. The van der Waals surface area contributed by atoms with E-state index in [9.17, 15) is 0 Å². The number of rotatable bonds is 8. The van der Waals surface area contributed by atoms with Crippen LogP contribution in [0.25, 0.3) is 22.5 Å². The summed E-state index contributed by atoms with van der Waals surface area (Å²) < 4.78 is 13.8. The minimum atomic E-state index is 0.614. The second kappa shape index (κ2) is 12.9. The van der Waals surface area contributed by atoms with Gasteiger partial charge in [-0.15, -0.1) is 0 Å². The van der Waals surface area contributed by atoms with Crippen molar-refractivity contribution in [1.29, 1.82) is 0 Å². The van der Waals surface area contributed by atoms with Crippen LogP contribution in [0.3, 0.4) is 0 Å². The molecule has 0 N–H and O–H groups in total. The summed E-state index contributed by atoms with van der Waals surface area (Å²) in [7, 11) is 1.71. The lowest BCUT2D eigenvalue weighted by molar-refractivity contribution is 0.336. The van der Waals surface area contributed by atoms with Gasteiger partial charge in [-0.25, -0.2) is 0 Å². The SMILES string of the molecule is C=C(C)c1c(C(=C)N2CCC(c3ccccc3C)=C(C)C2)c(C)n(-c2ccc(OCC)cc2OC)c1C.CC. The first-order chi connectivity index (χ1) is 18.7. The summed E-state index contributed by atoms with van der Waals surface area (Å²) in [6, 6.07) is 14.7. The second-order valence-corrected chi connectivity index (χ2v) is 10.00. The summed E-state index contributed by atoms with van der Waals surface area (Å²) in [6.45, 7) is 28.2. The Labute approximate surface area is 236 Å². The quantitative estimate of drug-likeness (QED) is 0.293. The predicted molar refractivity (Wildman–Crippen MR) is 168 cm³/mol. The van der Waals surface area contributed by atoms with Gasteiger partial charge in [0.2, 0.25) is 0 Å². The van der Waals surface area contributed by atoms with E-state index in [2.05, 4.69) is 87.6 Å². The highest BCUT2D eigenvalue weighted by molar-refractivity contribution is 5.82. The highest BCUT2D eigenvalue weighted by Crippen LogP contribution is 2.40. The van der Waals surface area contributed by atoms with E-state index < -0.39 is 0 Å². The third kappa shape index (κ3) is 5.85. The molecule has 0 fully saturated rings. The van der Waals surface area contributed by atoms with Crippen LogP contribution in [0.2, 0.25) is 0 Å². The van der Waals surface area contributed by atoms with Crippen LogP contribution in [0.1, 0.15) is 74.7 Å². The number of nitrogens with zero attached hydrogens (tertiary/aromatic N) is 2. The maximum absolute atomic E-state index is 5.80. The van der Waals surface area contributed by atoms with Gasteiger partial charge in [-0.3, -0.25) is 0 Å². The highest BCUT2D eigenvalue weighted by Gasteiger charge is 2.27. The van der Waals surface area contributed by atoms with Crippen molar-refractivity contribution in [1.82, 2.24) is 9.47 Å². The second-order valence-electron chi connectivity index (χ2n) is 10.00. The monoisotopic (exact) mass is 526 g/mol. The zero-order chi connectivity index (χ0) is 28.9. The predicted octanol–water partition coefficient (Wildman–Crippen LogP) is 9.02. The summed E-state index contributed by atoms with van der Waals surface area (Å²) in [5.41, 5.74) is 13.2. The Morgan fingerprint density at radius 2 is 1.62 bits per heavy atom. The van der Waals surface area contributed by atoms with E-state index in [1.54, 1.807) is 7.11 Å². The lowest BCUT2D eigenvalue weighted by Gasteiger charge is -2.34. The van der Waals surface area contributed by atoms with Gasteiger partial charge in [-0.1, -0.05) is 56.8 Å². The van der Waals surface area contributed by atoms with Crippen LogP contribution in [-0.4, -0.2) is 36.3 Å². The van der Waals surface area contributed by atoms with Crippen molar-refractivity contribution in [3.8, 4) is 17.2 Å². The summed E-state index contributed by atoms with van der Waals surface area (Å²) >= 11 is 0. The summed E-state index contributed by atoms with van der Waals surface area (Å²) in [4.78, 5) is 2.42. The average molecular weight is 527 g/mol. The van der Waals surface area contributed by atoms with Gasteiger partial charge in [-0.05, 0) is 82.4 Å². The van der Waals surface area contributed by atoms with Crippen molar-refractivity contribution in [3.05, 3.63) is 94.8 Å². The van der Waals surface area contributed by atoms with Crippen LogP contribution in [0.15, 0.2) is 61.2 Å². The Balaban J connectivity index is 0.00000205. The zero-order valence-electron chi connectivity index (χ0n) is 25.5. The molecule has 0 saturated heterocycles. The van der Waals surface area contributed by atoms with Gasteiger partial charge in [0, 0.05) is 47.4 Å². The molecule has 4 heteroatoms. The Morgan fingerprint density at radius 1 is 0.949 bits per heavy atom.